The number of hydrogen-bond acceptors (Lipinski definition) is 9. The lowest BCUT2D eigenvalue weighted by molar-refractivity contribution is -0.161. The quantitative estimate of drug-likeness (QED) is 0.0232. The molecule has 0 saturated heterocycles. The highest BCUT2D eigenvalue weighted by Gasteiger charge is 2.28. The smallest absolute Gasteiger partial charge is 0.472 e. The lowest BCUT2D eigenvalue weighted by Gasteiger charge is -2.20. The molecule has 0 amide bonds. The van der Waals surface area contributed by atoms with Gasteiger partial charge < -0.3 is 25.2 Å². The zero-order valence-electron chi connectivity index (χ0n) is 35.9. The average Bonchev–Trinajstić information content (AvgIpc) is 3.20. The van der Waals surface area contributed by atoms with Crippen molar-refractivity contribution in [2.45, 2.75) is 180 Å². The zero-order chi connectivity index (χ0) is 42.8. The standard InChI is InChI=1S/C46H78NO10P/c1-3-5-7-9-11-13-15-17-19-20-21-22-24-26-28-30-32-34-36-38-45(49)57-42(40-55-58(52,53)56-41-43(47)46(50)51)39-54-44(48)37-35-33-31-29-27-25-23-18-16-14-12-10-8-6-4-2/h5,7,11,13,17,19,21-22,25-28,42-43H,3-4,6,8-10,12,14-16,18,20,23-24,29-41,47H2,1-2H3,(H,50,51)(H,52,53)/b7-5+,13-11+,19-17+,22-21+,27-25+,28-26+/t42-,43+/m1/s1. The number of hydrogen-bond donors (Lipinski definition) is 3. The van der Waals surface area contributed by atoms with Crippen molar-refractivity contribution < 1.29 is 47.5 Å². The maximum Gasteiger partial charge on any atom is 0.472 e. The Morgan fingerprint density at radius 3 is 1.47 bits per heavy atom. The van der Waals surface area contributed by atoms with Crippen molar-refractivity contribution in [2.75, 3.05) is 19.8 Å². The number of phosphoric ester groups is 1. The number of carboxylic acids is 1. The first-order valence-corrected chi connectivity index (χ1v) is 23.5. The monoisotopic (exact) mass is 836 g/mol. The number of aliphatic carboxylic acids is 1. The van der Waals surface area contributed by atoms with Gasteiger partial charge in [-0.1, -0.05) is 145 Å². The second-order valence-electron chi connectivity index (χ2n) is 14.4. The average molecular weight is 836 g/mol. The molecule has 11 nitrogen and oxygen atoms in total. The van der Waals surface area contributed by atoms with E-state index in [0.717, 1.165) is 77.0 Å². The van der Waals surface area contributed by atoms with Gasteiger partial charge in [-0.15, -0.1) is 0 Å². The van der Waals surface area contributed by atoms with Crippen molar-refractivity contribution in [1.82, 2.24) is 0 Å². The molecular weight excluding hydrogens is 757 g/mol. The fourth-order valence-corrected chi connectivity index (χ4v) is 6.27. The van der Waals surface area contributed by atoms with E-state index >= 15 is 0 Å². The zero-order valence-corrected chi connectivity index (χ0v) is 36.8. The Kier molecular flexibility index (Phi) is 38.5. The highest BCUT2D eigenvalue weighted by Crippen LogP contribution is 2.43. The van der Waals surface area contributed by atoms with Crippen molar-refractivity contribution >= 4 is 25.7 Å². The van der Waals surface area contributed by atoms with E-state index in [0.29, 0.717) is 12.8 Å². The summed E-state index contributed by atoms with van der Waals surface area (Å²) in [5.41, 5.74) is 5.33. The van der Waals surface area contributed by atoms with E-state index in [-0.39, 0.29) is 19.4 Å². The minimum absolute atomic E-state index is 0.116. The summed E-state index contributed by atoms with van der Waals surface area (Å²) in [4.78, 5) is 46.0. The first-order valence-electron chi connectivity index (χ1n) is 22.0. The number of esters is 2. The van der Waals surface area contributed by atoms with Crippen LogP contribution >= 0.6 is 7.82 Å². The van der Waals surface area contributed by atoms with E-state index < -0.39 is 51.1 Å². The normalized spacial score (nSPS) is 14.4. The molecule has 332 valence electrons. The molecule has 0 bridgehead atoms. The molecule has 0 rings (SSSR count). The minimum Gasteiger partial charge on any atom is -0.480 e. The molecular formula is C46H78NO10P. The highest BCUT2D eigenvalue weighted by molar-refractivity contribution is 7.47. The summed E-state index contributed by atoms with van der Waals surface area (Å²) in [7, 11) is -4.73. The number of carboxylic acid groups (broad SMARTS) is 1. The van der Waals surface area contributed by atoms with E-state index in [1.807, 2.05) is 0 Å². The van der Waals surface area contributed by atoms with Gasteiger partial charge in [-0.2, -0.15) is 0 Å². The molecule has 58 heavy (non-hydrogen) atoms. The maximum absolute atomic E-state index is 12.6. The summed E-state index contributed by atoms with van der Waals surface area (Å²) in [6.07, 6.45) is 48.2. The molecule has 12 heteroatoms. The molecule has 0 aromatic heterocycles. The number of allylic oxidation sites excluding steroid dienone is 12. The second kappa shape index (κ2) is 40.7. The minimum atomic E-state index is -4.73. The van der Waals surface area contributed by atoms with Crippen LogP contribution in [-0.4, -0.2) is 59.9 Å². The summed E-state index contributed by atoms with van der Waals surface area (Å²) < 4.78 is 32.7. The third kappa shape index (κ3) is 39.7. The molecule has 3 atom stereocenters. The third-order valence-corrected chi connectivity index (χ3v) is 9.89. The molecule has 0 radical (unpaired) electrons. The Morgan fingerprint density at radius 2 is 0.966 bits per heavy atom. The van der Waals surface area contributed by atoms with Crippen LogP contribution in [-0.2, 0) is 37.5 Å². The van der Waals surface area contributed by atoms with Crippen molar-refractivity contribution in [1.29, 1.82) is 0 Å². The first kappa shape index (κ1) is 54.9. The first-order chi connectivity index (χ1) is 28.1. The number of phosphoric acid groups is 1. The number of ether oxygens (including phenoxy) is 2. The van der Waals surface area contributed by atoms with Gasteiger partial charge in [0, 0.05) is 12.8 Å². The molecule has 1 unspecified atom stereocenters. The van der Waals surface area contributed by atoms with Gasteiger partial charge in [0.25, 0.3) is 0 Å². The van der Waals surface area contributed by atoms with E-state index in [1.54, 1.807) is 0 Å². The Bertz CT molecular complexity index is 1260. The Morgan fingerprint density at radius 1 is 0.552 bits per heavy atom. The molecule has 0 saturated carbocycles. The maximum atomic E-state index is 12.6. The molecule has 0 heterocycles. The Labute approximate surface area is 350 Å². The van der Waals surface area contributed by atoms with Crippen LogP contribution in [0.25, 0.3) is 0 Å². The van der Waals surface area contributed by atoms with Gasteiger partial charge in [-0.25, -0.2) is 4.57 Å². The molecule has 0 aromatic rings. The van der Waals surface area contributed by atoms with Gasteiger partial charge in [0.15, 0.2) is 6.10 Å². The largest absolute Gasteiger partial charge is 0.480 e. The lowest BCUT2D eigenvalue weighted by Crippen LogP contribution is -2.34. The predicted molar refractivity (Wildman–Crippen MR) is 235 cm³/mol. The number of unbranched alkanes of at least 4 members (excludes halogenated alkanes) is 14. The van der Waals surface area contributed by atoms with Gasteiger partial charge in [0.05, 0.1) is 13.2 Å². The summed E-state index contributed by atoms with van der Waals surface area (Å²) in [6.45, 7) is 2.63. The number of carbonyl (C=O) groups is 3. The van der Waals surface area contributed by atoms with Crippen molar-refractivity contribution in [3.63, 3.8) is 0 Å². The number of carbonyl (C=O) groups excluding carboxylic acids is 2. The van der Waals surface area contributed by atoms with Crippen molar-refractivity contribution in [2.24, 2.45) is 5.73 Å². The molecule has 0 spiro atoms. The van der Waals surface area contributed by atoms with Crippen LogP contribution in [0, 0.1) is 0 Å². The van der Waals surface area contributed by atoms with E-state index in [4.69, 9.17) is 24.8 Å². The van der Waals surface area contributed by atoms with Crippen LogP contribution in [0.4, 0.5) is 0 Å². The topological polar surface area (TPSA) is 172 Å². The van der Waals surface area contributed by atoms with E-state index in [9.17, 15) is 23.8 Å². The van der Waals surface area contributed by atoms with Gasteiger partial charge in [0.1, 0.15) is 12.6 Å². The SMILES string of the molecule is CC/C=C/C/C=C/C/C=C/C/C=C/C/C=C/CCCCCC(=O)O[C@H](COC(=O)CCCCC/C=C/CCCCCCCCCC)COP(=O)(O)OC[C@H](N)C(=O)O. The predicted octanol–water partition coefficient (Wildman–Crippen LogP) is 11.7. The lowest BCUT2D eigenvalue weighted by atomic mass is 10.1. The fourth-order valence-electron chi connectivity index (χ4n) is 5.50. The van der Waals surface area contributed by atoms with Crippen molar-refractivity contribution in [3.8, 4) is 0 Å². The summed E-state index contributed by atoms with van der Waals surface area (Å²) in [5, 5.41) is 8.89. The highest BCUT2D eigenvalue weighted by atomic mass is 31.2. The number of rotatable bonds is 40. The van der Waals surface area contributed by atoms with Gasteiger partial charge in [-0.3, -0.25) is 23.4 Å². The van der Waals surface area contributed by atoms with Gasteiger partial charge >= 0.3 is 25.7 Å². The van der Waals surface area contributed by atoms with Crippen LogP contribution < -0.4 is 5.73 Å². The third-order valence-electron chi connectivity index (χ3n) is 8.94. The van der Waals surface area contributed by atoms with Crippen LogP contribution in [0.2, 0.25) is 0 Å². The Hall–Kier alpha value is -3.08. The Balaban J connectivity index is 4.46. The number of nitrogens with two attached hydrogens (primary N) is 1. The van der Waals surface area contributed by atoms with Crippen LogP contribution in [0.1, 0.15) is 168 Å². The van der Waals surface area contributed by atoms with Gasteiger partial charge in [-0.05, 0) is 83.5 Å². The van der Waals surface area contributed by atoms with Crippen molar-refractivity contribution in [3.05, 3.63) is 72.9 Å². The summed E-state index contributed by atoms with van der Waals surface area (Å²) in [5.74, 6) is -2.45. The molecule has 0 fully saturated rings. The second-order valence-corrected chi connectivity index (χ2v) is 15.9. The molecule has 4 N–H and O–H groups in total. The molecule has 0 aliphatic carbocycles. The summed E-state index contributed by atoms with van der Waals surface area (Å²) in [6, 6.07) is -1.53. The van der Waals surface area contributed by atoms with E-state index in [2.05, 4.69) is 91.3 Å². The van der Waals surface area contributed by atoms with E-state index in [1.165, 1.54) is 51.4 Å². The summed E-state index contributed by atoms with van der Waals surface area (Å²) >= 11 is 0. The molecule has 0 aliphatic heterocycles. The van der Waals surface area contributed by atoms with Gasteiger partial charge in [0.2, 0.25) is 0 Å². The molecule has 0 aliphatic rings. The molecule has 0 aromatic carbocycles. The van der Waals surface area contributed by atoms with Crippen LogP contribution in [0.5, 0.6) is 0 Å². The fraction of sp³-hybridized carbons (Fsp3) is 0.674. The van der Waals surface area contributed by atoms with Crippen LogP contribution in [0.3, 0.4) is 0 Å². The van der Waals surface area contributed by atoms with Crippen LogP contribution in [0.15, 0.2) is 72.9 Å².